The number of carbonyl (C=O) groups excluding carboxylic acids is 1. The Morgan fingerprint density at radius 2 is 1.85 bits per heavy atom. The quantitative estimate of drug-likeness (QED) is 0.559. The minimum atomic E-state index is -0.293. The molecule has 11 heteroatoms. The van der Waals surface area contributed by atoms with Gasteiger partial charge in [-0.3, -0.25) is 9.89 Å². The molecule has 11 nitrogen and oxygen atoms in total. The first-order valence-corrected chi connectivity index (χ1v) is 10.6. The number of likely N-dealkylation sites (tertiary alicyclic amines) is 1. The van der Waals surface area contributed by atoms with Crippen LogP contribution in [0.2, 0.25) is 0 Å². The van der Waals surface area contributed by atoms with E-state index in [4.69, 9.17) is 18.9 Å². The van der Waals surface area contributed by atoms with Gasteiger partial charge in [0.15, 0.2) is 11.5 Å². The average molecular weight is 464 g/mol. The summed E-state index contributed by atoms with van der Waals surface area (Å²) >= 11 is 0. The Balaban J connectivity index is 1.51. The van der Waals surface area contributed by atoms with Crippen molar-refractivity contribution in [2.45, 2.75) is 18.9 Å². The Kier molecular flexibility index (Phi) is 6.77. The number of ether oxygens (including phenoxy) is 4. The molecule has 1 aromatic carbocycles. The van der Waals surface area contributed by atoms with Crippen molar-refractivity contribution in [3.63, 3.8) is 0 Å². The Morgan fingerprint density at radius 3 is 2.53 bits per heavy atom. The third kappa shape index (κ3) is 4.56. The normalized spacial score (nSPS) is 15.4. The number of piperidine rings is 1. The lowest BCUT2D eigenvalue weighted by Crippen LogP contribution is -2.44. The molecule has 0 bridgehead atoms. The minimum absolute atomic E-state index is 0.120. The number of aromatic amines is 1. The minimum Gasteiger partial charge on any atom is -0.493 e. The SMILES string of the molecule is COc1cc(-c2cc(C(=O)N3CCCC(Oc4nccnc4C#N)C3)[nH]n2)cc(OC)c1OC. The number of nitrogens with zero attached hydrogens (tertiary/aromatic N) is 5. The van der Waals surface area contributed by atoms with E-state index in [9.17, 15) is 10.1 Å². The fourth-order valence-corrected chi connectivity index (χ4v) is 3.84. The highest BCUT2D eigenvalue weighted by molar-refractivity contribution is 5.93. The molecule has 1 aliphatic rings. The Labute approximate surface area is 196 Å². The molecule has 3 aromatic rings. The standard InChI is InChI=1S/C23H24N6O5/c1-31-19-9-14(10-20(32-2)21(19)33-3)16-11-17(28-27-16)23(30)29-8-4-5-15(13-29)34-22-18(12-24)25-6-7-26-22/h6-7,9-11,15H,4-5,8,13H2,1-3H3,(H,27,28). The third-order valence-electron chi connectivity index (χ3n) is 5.48. The molecule has 1 atom stereocenters. The van der Waals surface area contributed by atoms with Gasteiger partial charge in [-0.1, -0.05) is 0 Å². The number of hydrogen-bond donors (Lipinski definition) is 1. The fourth-order valence-electron chi connectivity index (χ4n) is 3.84. The smallest absolute Gasteiger partial charge is 0.272 e. The molecule has 0 radical (unpaired) electrons. The van der Waals surface area contributed by atoms with Crippen molar-refractivity contribution in [2.24, 2.45) is 0 Å². The van der Waals surface area contributed by atoms with E-state index in [2.05, 4.69) is 20.2 Å². The second kappa shape index (κ2) is 10.1. The highest BCUT2D eigenvalue weighted by atomic mass is 16.5. The highest BCUT2D eigenvalue weighted by Gasteiger charge is 2.28. The first kappa shape index (κ1) is 22.8. The van der Waals surface area contributed by atoms with Gasteiger partial charge in [0.2, 0.25) is 11.4 Å². The first-order chi connectivity index (χ1) is 16.6. The maximum atomic E-state index is 13.2. The van der Waals surface area contributed by atoms with Crippen LogP contribution in [0.4, 0.5) is 0 Å². The lowest BCUT2D eigenvalue weighted by atomic mass is 10.1. The van der Waals surface area contributed by atoms with Crippen LogP contribution in [0.1, 0.15) is 29.0 Å². The lowest BCUT2D eigenvalue weighted by molar-refractivity contribution is 0.0521. The van der Waals surface area contributed by atoms with E-state index in [1.54, 1.807) is 23.1 Å². The molecule has 0 aliphatic carbocycles. The molecular formula is C23H24N6O5. The molecule has 1 amide bonds. The summed E-state index contributed by atoms with van der Waals surface area (Å²) in [5.41, 5.74) is 1.73. The van der Waals surface area contributed by atoms with E-state index in [0.717, 1.165) is 12.8 Å². The molecule has 1 unspecified atom stereocenters. The Bertz CT molecular complexity index is 1200. The second-order valence-electron chi connectivity index (χ2n) is 7.54. The number of carbonyl (C=O) groups is 1. The summed E-state index contributed by atoms with van der Waals surface area (Å²) in [6.45, 7) is 0.946. The van der Waals surface area contributed by atoms with Gasteiger partial charge in [0.05, 0.1) is 33.6 Å². The van der Waals surface area contributed by atoms with Crippen molar-refractivity contribution in [3.8, 4) is 40.5 Å². The van der Waals surface area contributed by atoms with Crippen molar-refractivity contribution >= 4 is 5.91 Å². The maximum absolute atomic E-state index is 13.2. The number of aromatic nitrogens is 4. The van der Waals surface area contributed by atoms with Gasteiger partial charge in [0.1, 0.15) is 17.9 Å². The fraction of sp³-hybridized carbons (Fsp3) is 0.348. The molecule has 34 heavy (non-hydrogen) atoms. The molecular weight excluding hydrogens is 440 g/mol. The van der Waals surface area contributed by atoms with Gasteiger partial charge < -0.3 is 23.8 Å². The Hall–Kier alpha value is -4.33. The van der Waals surface area contributed by atoms with Crippen LogP contribution in [-0.2, 0) is 0 Å². The number of amides is 1. The summed E-state index contributed by atoms with van der Waals surface area (Å²) in [7, 11) is 4.61. The average Bonchev–Trinajstić information content (AvgIpc) is 3.38. The highest BCUT2D eigenvalue weighted by Crippen LogP contribution is 2.40. The number of nitrogens with one attached hydrogen (secondary N) is 1. The van der Waals surface area contributed by atoms with Crippen molar-refractivity contribution < 1.29 is 23.7 Å². The van der Waals surface area contributed by atoms with Crippen LogP contribution in [-0.4, -0.2) is 71.5 Å². The van der Waals surface area contributed by atoms with Crippen LogP contribution in [0.5, 0.6) is 23.1 Å². The topological polar surface area (TPSA) is 135 Å². The van der Waals surface area contributed by atoms with Gasteiger partial charge in [0, 0.05) is 24.5 Å². The molecule has 1 N–H and O–H groups in total. The molecule has 1 fully saturated rings. The van der Waals surface area contributed by atoms with Crippen molar-refractivity contribution in [1.82, 2.24) is 25.1 Å². The van der Waals surface area contributed by atoms with E-state index in [-0.39, 0.29) is 23.6 Å². The molecule has 2 aromatic heterocycles. The van der Waals surface area contributed by atoms with Gasteiger partial charge in [-0.25, -0.2) is 9.97 Å². The predicted octanol–water partition coefficient (Wildman–Crippen LogP) is 2.45. The molecule has 176 valence electrons. The number of hydrogen-bond acceptors (Lipinski definition) is 9. The van der Waals surface area contributed by atoms with Crippen molar-refractivity contribution in [3.05, 3.63) is 42.0 Å². The zero-order valence-corrected chi connectivity index (χ0v) is 19.1. The molecule has 0 saturated carbocycles. The number of methoxy groups -OCH3 is 3. The second-order valence-corrected chi connectivity index (χ2v) is 7.54. The van der Waals surface area contributed by atoms with Crippen molar-refractivity contribution in [1.29, 1.82) is 5.26 Å². The van der Waals surface area contributed by atoms with E-state index < -0.39 is 0 Å². The largest absolute Gasteiger partial charge is 0.493 e. The van der Waals surface area contributed by atoms with E-state index in [1.165, 1.54) is 33.7 Å². The van der Waals surface area contributed by atoms with Crippen LogP contribution in [0.25, 0.3) is 11.3 Å². The lowest BCUT2D eigenvalue weighted by Gasteiger charge is -2.32. The summed E-state index contributed by atoms with van der Waals surface area (Å²) in [4.78, 5) is 22.9. The molecule has 1 aliphatic heterocycles. The first-order valence-electron chi connectivity index (χ1n) is 10.6. The van der Waals surface area contributed by atoms with Crippen LogP contribution < -0.4 is 18.9 Å². The maximum Gasteiger partial charge on any atom is 0.272 e. The number of nitriles is 1. The number of H-pyrrole nitrogens is 1. The van der Waals surface area contributed by atoms with Gasteiger partial charge >= 0.3 is 0 Å². The van der Waals surface area contributed by atoms with E-state index in [0.29, 0.717) is 47.3 Å². The molecule has 1 saturated heterocycles. The molecule has 0 spiro atoms. The number of rotatable bonds is 7. The monoisotopic (exact) mass is 464 g/mol. The van der Waals surface area contributed by atoms with Crippen LogP contribution >= 0.6 is 0 Å². The zero-order valence-electron chi connectivity index (χ0n) is 19.1. The van der Waals surface area contributed by atoms with Gasteiger partial charge in [-0.15, -0.1) is 0 Å². The summed E-state index contributed by atoms with van der Waals surface area (Å²) in [6, 6.07) is 7.19. The molecule has 3 heterocycles. The number of benzene rings is 1. The van der Waals surface area contributed by atoms with E-state index in [1.807, 2.05) is 6.07 Å². The zero-order chi connectivity index (χ0) is 24.1. The summed E-state index contributed by atoms with van der Waals surface area (Å²) in [5, 5.41) is 16.3. The van der Waals surface area contributed by atoms with Crippen LogP contribution in [0, 0.1) is 11.3 Å². The van der Waals surface area contributed by atoms with Crippen LogP contribution in [0.3, 0.4) is 0 Å². The summed E-state index contributed by atoms with van der Waals surface area (Å²) < 4.78 is 22.1. The van der Waals surface area contributed by atoms with Gasteiger partial charge in [0.25, 0.3) is 11.8 Å². The Morgan fingerprint density at radius 1 is 1.12 bits per heavy atom. The third-order valence-corrected chi connectivity index (χ3v) is 5.48. The summed E-state index contributed by atoms with van der Waals surface area (Å²) in [6.07, 6.45) is 4.11. The molecule has 4 rings (SSSR count). The predicted molar refractivity (Wildman–Crippen MR) is 120 cm³/mol. The van der Waals surface area contributed by atoms with Crippen molar-refractivity contribution in [2.75, 3.05) is 34.4 Å². The van der Waals surface area contributed by atoms with Gasteiger partial charge in [-0.05, 0) is 31.0 Å². The van der Waals surface area contributed by atoms with E-state index >= 15 is 0 Å². The van der Waals surface area contributed by atoms with Gasteiger partial charge in [-0.2, -0.15) is 10.4 Å². The summed E-state index contributed by atoms with van der Waals surface area (Å²) in [5.74, 6) is 1.44. The van der Waals surface area contributed by atoms with Crippen LogP contribution in [0.15, 0.2) is 30.6 Å².